The van der Waals surface area contributed by atoms with Crippen molar-refractivity contribution in [2.24, 2.45) is 11.8 Å². The van der Waals surface area contributed by atoms with Gasteiger partial charge in [-0.15, -0.1) is 0 Å². The number of cyclic esters (lactones) is 1. The van der Waals surface area contributed by atoms with Crippen LogP contribution < -0.4 is 4.74 Å². The number of unbranched alkanes of at least 4 members (excludes halogenated alkanes) is 9. The molecule has 2 aromatic carbocycles. The monoisotopic (exact) mass is 548 g/mol. The standard InChI is InChI=1S/C36H52O4/c1-29-12-14-30(15-13-29)31-16-21-34(22-17-31)38-26-10-8-6-4-2-3-5-7-9-11-27-39-35-23-18-32(19-24-35)33-20-25-36(37)40-28-33/h12-17,21-22,32-33,35H,2-11,18-20,23-28H2,1H3. The summed E-state index contributed by atoms with van der Waals surface area (Å²) in [5, 5.41) is 0. The molecule has 2 fully saturated rings. The maximum atomic E-state index is 11.3. The van der Waals surface area contributed by atoms with Crippen molar-refractivity contribution >= 4 is 5.97 Å². The van der Waals surface area contributed by atoms with Crippen LogP contribution in [-0.2, 0) is 14.3 Å². The van der Waals surface area contributed by atoms with E-state index < -0.39 is 0 Å². The summed E-state index contributed by atoms with van der Waals surface area (Å²) in [5.74, 6) is 2.28. The summed E-state index contributed by atoms with van der Waals surface area (Å²) in [6.07, 6.45) is 19.9. The number of rotatable bonds is 17. The fraction of sp³-hybridized carbons (Fsp3) is 0.639. The first-order chi connectivity index (χ1) is 19.7. The second kappa shape index (κ2) is 17.5. The Morgan fingerprint density at radius 2 is 1.20 bits per heavy atom. The lowest BCUT2D eigenvalue weighted by atomic mass is 9.77. The van der Waals surface area contributed by atoms with Gasteiger partial charge >= 0.3 is 5.97 Å². The predicted octanol–water partition coefficient (Wildman–Crippen LogP) is 9.47. The number of ether oxygens (including phenoxy) is 3. The summed E-state index contributed by atoms with van der Waals surface area (Å²) in [4.78, 5) is 11.3. The Balaban J connectivity index is 0.899. The maximum Gasteiger partial charge on any atom is 0.305 e. The van der Waals surface area contributed by atoms with Crippen LogP contribution in [0.3, 0.4) is 0 Å². The second-order valence-electron chi connectivity index (χ2n) is 12.2. The van der Waals surface area contributed by atoms with Crippen molar-refractivity contribution in [1.82, 2.24) is 0 Å². The van der Waals surface area contributed by atoms with E-state index in [1.807, 2.05) is 0 Å². The van der Waals surface area contributed by atoms with Gasteiger partial charge in [0, 0.05) is 13.0 Å². The molecule has 2 aliphatic rings. The van der Waals surface area contributed by atoms with Gasteiger partial charge in [0.2, 0.25) is 0 Å². The predicted molar refractivity (Wildman–Crippen MR) is 164 cm³/mol. The van der Waals surface area contributed by atoms with Gasteiger partial charge in [0.05, 0.1) is 19.3 Å². The number of benzene rings is 2. The molecule has 4 heteroatoms. The van der Waals surface area contributed by atoms with Gasteiger partial charge < -0.3 is 14.2 Å². The SMILES string of the molecule is Cc1ccc(-c2ccc(OCCCCCCCCCCCCOC3CCC(C4CCC(=O)OC4)CC3)cc2)cc1. The van der Waals surface area contributed by atoms with Crippen LogP contribution in [0.5, 0.6) is 5.75 Å². The van der Waals surface area contributed by atoms with Crippen LogP contribution in [0.4, 0.5) is 0 Å². The minimum absolute atomic E-state index is 0.0117. The first-order valence-corrected chi connectivity index (χ1v) is 16.2. The van der Waals surface area contributed by atoms with E-state index in [9.17, 15) is 4.79 Å². The third-order valence-corrected chi connectivity index (χ3v) is 8.96. The van der Waals surface area contributed by atoms with Gasteiger partial charge in [-0.2, -0.15) is 0 Å². The average molecular weight is 549 g/mol. The molecule has 2 aromatic rings. The van der Waals surface area contributed by atoms with E-state index in [-0.39, 0.29) is 5.97 Å². The van der Waals surface area contributed by atoms with Crippen molar-refractivity contribution in [1.29, 1.82) is 0 Å². The number of carbonyl (C=O) groups excluding carboxylic acids is 1. The fourth-order valence-electron chi connectivity index (χ4n) is 6.31. The van der Waals surface area contributed by atoms with E-state index in [0.717, 1.165) is 37.7 Å². The van der Waals surface area contributed by atoms with Gasteiger partial charge in [0.15, 0.2) is 0 Å². The normalized spacial score (nSPS) is 21.2. The highest BCUT2D eigenvalue weighted by Gasteiger charge is 2.31. The third kappa shape index (κ3) is 10.9. The second-order valence-corrected chi connectivity index (χ2v) is 12.2. The molecule has 1 unspecified atom stereocenters. The number of hydrogen-bond donors (Lipinski definition) is 0. The third-order valence-electron chi connectivity index (χ3n) is 8.96. The molecule has 1 heterocycles. The number of carbonyl (C=O) groups is 1. The Labute approximate surface area is 243 Å². The fourth-order valence-corrected chi connectivity index (χ4v) is 6.31. The summed E-state index contributed by atoms with van der Waals surface area (Å²) >= 11 is 0. The molecule has 1 atom stereocenters. The van der Waals surface area contributed by atoms with Crippen LogP contribution in [-0.4, -0.2) is 31.9 Å². The molecule has 0 aromatic heterocycles. The molecule has 1 aliphatic carbocycles. The molecule has 0 spiro atoms. The first kappa shape index (κ1) is 30.6. The molecule has 0 N–H and O–H groups in total. The largest absolute Gasteiger partial charge is 0.494 e. The lowest BCUT2D eigenvalue weighted by Crippen LogP contribution is -2.32. The summed E-state index contributed by atoms with van der Waals surface area (Å²) in [6, 6.07) is 17.1. The van der Waals surface area contributed by atoms with E-state index >= 15 is 0 Å². The molecular formula is C36H52O4. The zero-order valence-electron chi connectivity index (χ0n) is 24.9. The van der Waals surface area contributed by atoms with E-state index in [0.29, 0.717) is 25.0 Å². The molecule has 0 amide bonds. The lowest BCUT2D eigenvalue weighted by molar-refractivity contribution is -0.151. The van der Waals surface area contributed by atoms with Crippen LogP contribution >= 0.6 is 0 Å². The molecule has 4 rings (SSSR count). The van der Waals surface area contributed by atoms with Crippen molar-refractivity contribution < 1.29 is 19.0 Å². The molecule has 1 saturated heterocycles. The minimum atomic E-state index is -0.0117. The molecule has 1 saturated carbocycles. The van der Waals surface area contributed by atoms with Gasteiger partial charge in [-0.05, 0) is 87.0 Å². The van der Waals surface area contributed by atoms with Crippen LogP contribution in [0.2, 0.25) is 0 Å². The van der Waals surface area contributed by atoms with E-state index in [1.54, 1.807) is 0 Å². The highest BCUT2D eigenvalue weighted by atomic mass is 16.5. The van der Waals surface area contributed by atoms with E-state index in [4.69, 9.17) is 14.2 Å². The van der Waals surface area contributed by atoms with Crippen LogP contribution in [0.25, 0.3) is 11.1 Å². The lowest BCUT2D eigenvalue weighted by Gasteiger charge is -2.35. The van der Waals surface area contributed by atoms with Gasteiger partial charge in [0.25, 0.3) is 0 Å². The molecule has 220 valence electrons. The van der Waals surface area contributed by atoms with Crippen LogP contribution in [0.1, 0.15) is 108 Å². The quantitative estimate of drug-likeness (QED) is 0.146. The first-order valence-electron chi connectivity index (χ1n) is 16.2. The summed E-state index contributed by atoms with van der Waals surface area (Å²) < 4.78 is 17.4. The summed E-state index contributed by atoms with van der Waals surface area (Å²) in [6.45, 7) is 4.50. The smallest absolute Gasteiger partial charge is 0.305 e. The van der Waals surface area contributed by atoms with Crippen molar-refractivity contribution in [2.75, 3.05) is 19.8 Å². The van der Waals surface area contributed by atoms with E-state index in [1.165, 1.54) is 100 Å². The highest BCUT2D eigenvalue weighted by Crippen LogP contribution is 2.35. The molecule has 1 aliphatic heterocycles. The maximum absolute atomic E-state index is 11.3. The molecule has 4 nitrogen and oxygen atoms in total. The van der Waals surface area contributed by atoms with Crippen molar-refractivity contribution in [3.8, 4) is 16.9 Å². The molecule has 40 heavy (non-hydrogen) atoms. The zero-order chi connectivity index (χ0) is 27.8. The summed E-state index contributed by atoms with van der Waals surface area (Å²) in [7, 11) is 0. The zero-order valence-corrected chi connectivity index (χ0v) is 24.9. The minimum Gasteiger partial charge on any atom is -0.494 e. The average Bonchev–Trinajstić information content (AvgIpc) is 2.99. The van der Waals surface area contributed by atoms with Crippen molar-refractivity contribution in [3.63, 3.8) is 0 Å². The van der Waals surface area contributed by atoms with E-state index in [2.05, 4.69) is 55.5 Å². The molecule has 0 bridgehead atoms. The molecule has 0 radical (unpaired) electrons. The van der Waals surface area contributed by atoms with Crippen molar-refractivity contribution in [2.45, 2.75) is 116 Å². The Hall–Kier alpha value is -2.33. The van der Waals surface area contributed by atoms with Crippen molar-refractivity contribution in [3.05, 3.63) is 54.1 Å². The van der Waals surface area contributed by atoms with Crippen LogP contribution in [0.15, 0.2) is 48.5 Å². The number of aryl methyl sites for hydroxylation is 1. The topological polar surface area (TPSA) is 44.8 Å². The Kier molecular flexibility index (Phi) is 13.4. The summed E-state index contributed by atoms with van der Waals surface area (Å²) in [5.41, 5.74) is 3.78. The number of hydrogen-bond acceptors (Lipinski definition) is 4. The Bertz CT molecular complexity index is 949. The number of esters is 1. The van der Waals surface area contributed by atoms with Gasteiger partial charge in [0.1, 0.15) is 5.75 Å². The Morgan fingerprint density at radius 1 is 0.650 bits per heavy atom. The van der Waals surface area contributed by atoms with Gasteiger partial charge in [-0.3, -0.25) is 4.79 Å². The van der Waals surface area contributed by atoms with Gasteiger partial charge in [-0.25, -0.2) is 0 Å². The molecular weight excluding hydrogens is 496 g/mol. The highest BCUT2D eigenvalue weighted by molar-refractivity contribution is 5.70. The Morgan fingerprint density at radius 3 is 1.77 bits per heavy atom. The van der Waals surface area contributed by atoms with Crippen LogP contribution in [0, 0.1) is 18.8 Å². The van der Waals surface area contributed by atoms with Gasteiger partial charge in [-0.1, -0.05) is 93.3 Å².